The Hall–Kier alpha value is -1.84. The van der Waals surface area contributed by atoms with E-state index in [-0.39, 0.29) is 11.4 Å². The van der Waals surface area contributed by atoms with Gasteiger partial charge in [-0.15, -0.1) is 0 Å². The van der Waals surface area contributed by atoms with Crippen molar-refractivity contribution in [2.45, 2.75) is 20.8 Å². The van der Waals surface area contributed by atoms with E-state index in [1.807, 2.05) is 24.3 Å². The Balaban J connectivity index is 2.39. The normalized spacial score (nSPS) is 11.7. The first-order chi connectivity index (χ1) is 7.96. The average molecular weight is 231 g/mol. The van der Waals surface area contributed by atoms with Crippen LogP contribution in [0.5, 0.6) is 5.88 Å². The van der Waals surface area contributed by atoms with Crippen LogP contribution in [0.3, 0.4) is 0 Å². The summed E-state index contributed by atoms with van der Waals surface area (Å²) >= 11 is 0. The van der Waals surface area contributed by atoms with E-state index in [1.54, 1.807) is 0 Å². The molecule has 2 aromatic rings. The Morgan fingerprint density at radius 1 is 1.18 bits per heavy atom. The first-order valence-electron chi connectivity index (χ1n) is 5.61. The maximum Gasteiger partial charge on any atom is 0.226 e. The van der Waals surface area contributed by atoms with Crippen LogP contribution in [0.25, 0.3) is 10.9 Å². The summed E-state index contributed by atoms with van der Waals surface area (Å²) in [6, 6.07) is 7.69. The van der Waals surface area contributed by atoms with Gasteiger partial charge < -0.3 is 10.5 Å². The molecule has 0 saturated carbocycles. The third-order valence-corrected chi connectivity index (χ3v) is 2.23. The zero-order valence-corrected chi connectivity index (χ0v) is 10.4. The minimum atomic E-state index is 0.0841. The number of ether oxygens (including phenoxy) is 1. The van der Waals surface area contributed by atoms with Crippen LogP contribution in [0, 0.1) is 5.41 Å². The molecular weight excluding hydrogens is 214 g/mol. The van der Waals surface area contributed by atoms with E-state index in [0.29, 0.717) is 12.5 Å². The molecule has 0 fully saturated rings. The Labute approximate surface area is 101 Å². The van der Waals surface area contributed by atoms with Gasteiger partial charge in [0, 0.05) is 0 Å². The van der Waals surface area contributed by atoms with Crippen molar-refractivity contribution in [2.75, 3.05) is 12.3 Å². The first-order valence-corrected chi connectivity index (χ1v) is 5.61. The van der Waals surface area contributed by atoms with Gasteiger partial charge in [0.2, 0.25) is 11.8 Å². The number of hydrogen-bond acceptors (Lipinski definition) is 4. The van der Waals surface area contributed by atoms with Gasteiger partial charge >= 0.3 is 0 Å². The molecule has 2 rings (SSSR count). The number of para-hydroxylation sites is 1. The SMILES string of the molecule is CC(C)(C)COc1nc(N)nc2ccccc12. The van der Waals surface area contributed by atoms with Crippen molar-refractivity contribution < 1.29 is 4.74 Å². The largest absolute Gasteiger partial charge is 0.477 e. The molecule has 17 heavy (non-hydrogen) atoms. The Morgan fingerprint density at radius 3 is 2.59 bits per heavy atom. The molecule has 0 aliphatic carbocycles. The third kappa shape index (κ3) is 2.84. The summed E-state index contributed by atoms with van der Waals surface area (Å²) in [7, 11) is 0. The van der Waals surface area contributed by atoms with Gasteiger partial charge in [-0.3, -0.25) is 0 Å². The molecule has 0 radical (unpaired) electrons. The van der Waals surface area contributed by atoms with Crippen molar-refractivity contribution in [2.24, 2.45) is 5.41 Å². The highest BCUT2D eigenvalue weighted by Crippen LogP contribution is 2.24. The molecule has 4 nitrogen and oxygen atoms in total. The lowest BCUT2D eigenvalue weighted by atomic mass is 9.99. The van der Waals surface area contributed by atoms with Gasteiger partial charge in [0.15, 0.2) is 0 Å². The van der Waals surface area contributed by atoms with Crippen molar-refractivity contribution in [1.29, 1.82) is 0 Å². The molecule has 0 spiro atoms. The van der Waals surface area contributed by atoms with Gasteiger partial charge in [0.25, 0.3) is 0 Å². The van der Waals surface area contributed by atoms with Crippen LogP contribution in [-0.4, -0.2) is 16.6 Å². The molecule has 0 bridgehead atoms. The highest BCUT2D eigenvalue weighted by Gasteiger charge is 2.13. The minimum Gasteiger partial charge on any atom is -0.477 e. The van der Waals surface area contributed by atoms with Crippen LogP contribution in [0.4, 0.5) is 5.95 Å². The van der Waals surface area contributed by atoms with E-state index in [9.17, 15) is 0 Å². The van der Waals surface area contributed by atoms with Gasteiger partial charge in [0.1, 0.15) is 0 Å². The Bertz CT molecular complexity index is 532. The maximum absolute atomic E-state index is 5.73. The van der Waals surface area contributed by atoms with Crippen molar-refractivity contribution in [3.05, 3.63) is 24.3 Å². The van der Waals surface area contributed by atoms with Crippen molar-refractivity contribution in [1.82, 2.24) is 9.97 Å². The predicted octanol–water partition coefficient (Wildman–Crippen LogP) is 2.64. The Morgan fingerprint density at radius 2 is 1.88 bits per heavy atom. The summed E-state index contributed by atoms with van der Waals surface area (Å²) in [5.41, 5.74) is 6.56. The highest BCUT2D eigenvalue weighted by molar-refractivity contribution is 5.84. The molecule has 1 aromatic carbocycles. The van der Waals surface area contributed by atoms with Gasteiger partial charge in [-0.1, -0.05) is 32.9 Å². The topological polar surface area (TPSA) is 61.0 Å². The summed E-state index contributed by atoms with van der Waals surface area (Å²) in [6.45, 7) is 6.92. The van der Waals surface area contributed by atoms with E-state index in [2.05, 4.69) is 30.7 Å². The number of nitrogen functional groups attached to an aromatic ring is 1. The number of anilines is 1. The zero-order chi connectivity index (χ0) is 12.5. The molecule has 2 N–H and O–H groups in total. The van der Waals surface area contributed by atoms with Gasteiger partial charge in [0.05, 0.1) is 17.5 Å². The van der Waals surface area contributed by atoms with E-state index in [4.69, 9.17) is 10.5 Å². The lowest BCUT2D eigenvalue weighted by Gasteiger charge is -2.19. The number of rotatable bonds is 2. The monoisotopic (exact) mass is 231 g/mol. The standard InChI is InChI=1S/C13H17N3O/c1-13(2,3)8-17-11-9-6-4-5-7-10(9)15-12(14)16-11/h4-7H,8H2,1-3H3,(H2,14,15,16). The number of nitrogens with two attached hydrogens (primary N) is 1. The molecule has 0 aliphatic heterocycles. The molecular formula is C13H17N3O. The fourth-order valence-corrected chi connectivity index (χ4v) is 1.46. The zero-order valence-electron chi connectivity index (χ0n) is 10.4. The van der Waals surface area contributed by atoms with Crippen LogP contribution in [0.15, 0.2) is 24.3 Å². The minimum absolute atomic E-state index is 0.0841. The number of aromatic nitrogens is 2. The second-order valence-electron chi connectivity index (χ2n) is 5.25. The van der Waals surface area contributed by atoms with Crippen molar-refractivity contribution in [3.63, 3.8) is 0 Å². The molecule has 0 unspecified atom stereocenters. The predicted molar refractivity (Wildman–Crippen MR) is 68.9 cm³/mol. The summed E-state index contributed by atoms with van der Waals surface area (Å²) in [5.74, 6) is 0.802. The summed E-state index contributed by atoms with van der Waals surface area (Å²) in [6.07, 6.45) is 0. The van der Waals surface area contributed by atoms with E-state index >= 15 is 0 Å². The number of hydrogen-bond donors (Lipinski definition) is 1. The average Bonchev–Trinajstić information content (AvgIpc) is 2.24. The molecule has 0 amide bonds. The molecule has 90 valence electrons. The number of benzene rings is 1. The smallest absolute Gasteiger partial charge is 0.226 e. The fraction of sp³-hybridized carbons (Fsp3) is 0.385. The molecule has 0 aliphatic rings. The van der Waals surface area contributed by atoms with Gasteiger partial charge in [-0.05, 0) is 17.5 Å². The number of fused-ring (bicyclic) bond motifs is 1. The van der Waals surface area contributed by atoms with Crippen molar-refractivity contribution in [3.8, 4) is 5.88 Å². The van der Waals surface area contributed by atoms with Crippen LogP contribution in [0.2, 0.25) is 0 Å². The number of nitrogens with zero attached hydrogens (tertiary/aromatic N) is 2. The van der Waals surface area contributed by atoms with Crippen LogP contribution < -0.4 is 10.5 Å². The maximum atomic E-state index is 5.73. The lowest BCUT2D eigenvalue weighted by Crippen LogP contribution is -2.17. The lowest BCUT2D eigenvalue weighted by molar-refractivity contribution is 0.194. The second kappa shape index (κ2) is 4.20. The second-order valence-corrected chi connectivity index (χ2v) is 5.25. The first kappa shape index (κ1) is 11.6. The highest BCUT2D eigenvalue weighted by atomic mass is 16.5. The summed E-state index contributed by atoms with van der Waals surface area (Å²) < 4.78 is 5.73. The van der Waals surface area contributed by atoms with Crippen molar-refractivity contribution >= 4 is 16.9 Å². The van der Waals surface area contributed by atoms with E-state index < -0.39 is 0 Å². The molecule has 1 aromatic heterocycles. The third-order valence-electron chi connectivity index (χ3n) is 2.23. The molecule has 0 saturated heterocycles. The Kier molecular flexibility index (Phi) is 2.88. The van der Waals surface area contributed by atoms with E-state index in [0.717, 1.165) is 10.9 Å². The fourth-order valence-electron chi connectivity index (χ4n) is 1.46. The quantitative estimate of drug-likeness (QED) is 0.863. The van der Waals surface area contributed by atoms with Crippen LogP contribution in [0.1, 0.15) is 20.8 Å². The molecule has 4 heteroatoms. The van der Waals surface area contributed by atoms with E-state index in [1.165, 1.54) is 0 Å². The van der Waals surface area contributed by atoms with Gasteiger partial charge in [-0.2, -0.15) is 4.98 Å². The van der Waals surface area contributed by atoms with Crippen LogP contribution in [-0.2, 0) is 0 Å². The molecule has 0 atom stereocenters. The van der Waals surface area contributed by atoms with Gasteiger partial charge in [-0.25, -0.2) is 4.98 Å². The molecule has 1 heterocycles. The summed E-state index contributed by atoms with van der Waals surface area (Å²) in [5, 5.41) is 0.894. The van der Waals surface area contributed by atoms with Crippen LogP contribution >= 0.6 is 0 Å². The summed E-state index contributed by atoms with van der Waals surface area (Å²) in [4.78, 5) is 8.32.